The number of likely N-dealkylation sites (tertiary alicyclic amines) is 1. The predicted octanol–water partition coefficient (Wildman–Crippen LogP) is 5.56. The van der Waals surface area contributed by atoms with Gasteiger partial charge in [-0.2, -0.15) is 0 Å². The number of aliphatic hydroxyl groups excluding tert-OH is 1. The third-order valence-electron chi connectivity index (χ3n) is 6.75. The smallest absolute Gasteiger partial charge is 0.248 e. The molecule has 1 N–H and O–H groups in total. The van der Waals surface area contributed by atoms with Gasteiger partial charge < -0.3 is 5.11 Å². The number of rotatable bonds is 22. The van der Waals surface area contributed by atoms with Crippen molar-refractivity contribution in [3.8, 4) is 0 Å². The summed E-state index contributed by atoms with van der Waals surface area (Å²) in [7, 11) is -3.75. The number of aliphatic hydroxyl groups is 1. The molecule has 0 radical (unpaired) electrons. The number of sulfone groups is 1. The Morgan fingerprint density at radius 1 is 0.727 bits per heavy atom. The summed E-state index contributed by atoms with van der Waals surface area (Å²) >= 11 is 0. The fraction of sp³-hybridized carbons (Fsp3) is 0.923. The van der Waals surface area contributed by atoms with Crippen LogP contribution < -0.4 is 0 Å². The van der Waals surface area contributed by atoms with Crippen molar-refractivity contribution < 1.29 is 23.1 Å². The molecule has 0 aromatic carbocycles. The van der Waals surface area contributed by atoms with Crippen molar-refractivity contribution in [1.29, 1.82) is 0 Å². The zero-order valence-electron chi connectivity index (χ0n) is 21.1. The molecule has 1 rings (SSSR count). The lowest BCUT2D eigenvalue weighted by molar-refractivity contribution is -0.138. The van der Waals surface area contributed by atoms with Crippen molar-refractivity contribution in [2.75, 3.05) is 18.9 Å². The van der Waals surface area contributed by atoms with Crippen LogP contribution in [0.15, 0.2) is 0 Å². The molecule has 194 valence electrons. The number of nitrogens with zero attached hydrogens (tertiary/aromatic N) is 1. The van der Waals surface area contributed by atoms with Gasteiger partial charge in [0.05, 0.1) is 18.8 Å². The summed E-state index contributed by atoms with van der Waals surface area (Å²) in [6, 6.07) is 0. The van der Waals surface area contributed by atoms with Crippen LogP contribution in [0.4, 0.5) is 0 Å². The Kier molecular flexibility index (Phi) is 16.8. The van der Waals surface area contributed by atoms with E-state index in [9.17, 15) is 18.0 Å². The van der Waals surface area contributed by atoms with Gasteiger partial charge in [-0.05, 0) is 6.42 Å². The Morgan fingerprint density at radius 2 is 1.12 bits per heavy atom. The first-order valence-electron chi connectivity index (χ1n) is 13.6. The molecule has 1 aliphatic heterocycles. The number of unbranched alkanes of at least 4 members (excludes halogenated alkanes) is 17. The number of imide groups is 1. The first kappa shape index (κ1) is 30.1. The summed E-state index contributed by atoms with van der Waals surface area (Å²) in [4.78, 5) is 25.4. The molecule has 7 heteroatoms. The van der Waals surface area contributed by atoms with E-state index in [1.807, 2.05) is 0 Å². The maximum atomic E-state index is 12.3. The van der Waals surface area contributed by atoms with Gasteiger partial charge in [-0.15, -0.1) is 0 Å². The molecule has 1 heterocycles. The molecule has 6 nitrogen and oxygen atoms in total. The third-order valence-corrected chi connectivity index (χ3v) is 8.73. The molecule has 0 aliphatic carbocycles. The summed E-state index contributed by atoms with van der Waals surface area (Å²) in [5.41, 5.74) is 0. The summed E-state index contributed by atoms with van der Waals surface area (Å²) in [5, 5.41) is 7.57. The van der Waals surface area contributed by atoms with Crippen molar-refractivity contribution >= 4 is 21.7 Å². The largest absolute Gasteiger partial charge is 0.395 e. The normalized spacial score (nSPS) is 16.8. The fourth-order valence-corrected chi connectivity index (χ4v) is 5.98. The first-order chi connectivity index (χ1) is 15.9. The van der Waals surface area contributed by atoms with E-state index in [1.54, 1.807) is 0 Å². The summed E-state index contributed by atoms with van der Waals surface area (Å²) in [6.45, 7) is 2.04. The van der Waals surface area contributed by atoms with Crippen LogP contribution in [-0.4, -0.2) is 54.4 Å². The minimum Gasteiger partial charge on any atom is -0.395 e. The Balaban J connectivity index is 1.92. The van der Waals surface area contributed by atoms with Gasteiger partial charge in [0.15, 0.2) is 9.84 Å². The molecule has 1 saturated heterocycles. The molecule has 33 heavy (non-hydrogen) atoms. The molecule has 1 atom stereocenters. The topological polar surface area (TPSA) is 91.8 Å². The van der Waals surface area contributed by atoms with Gasteiger partial charge in [-0.1, -0.05) is 116 Å². The zero-order valence-corrected chi connectivity index (χ0v) is 21.9. The van der Waals surface area contributed by atoms with E-state index in [0.29, 0.717) is 6.54 Å². The quantitative estimate of drug-likeness (QED) is 0.159. The molecule has 1 aliphatic rings. The monoisotopic (exact) mass is 487 g/mol. The van der Waals surface area contributed by atoms with Gasteiger partial charge in [-0.25, -0.2) is 8.42 Å². The maximum Gasteiger partial charge on any atom is 0.248 e. The Bertz CT molecular complexity index is 635. The summed E-state index contributed by atoms with van der Waals surface area (Å²) in [5.74, 6) is -1.48. The second-order valence-electron chi connectivity index (χ2n) is 9.68. The molecule has 0 aromatic heterocycles. The van der Waals surface area contributed by atoms with Gasteiger partial charge in [0.25, 0.3) is 0 Å². The van der Waals surface area contributed by atoms with Gasteiger partial charge in [0.2, 0.25) is 11.8 Å². The molecule has 1 fully saturated rings. The number of carbonyl (C=O) groups is 2. The lowest BCUT2D eigenvalue weighted by Crippen LogP contribution is -2.37. The zero-order chi connectivity index (χ0) is 24.4. The highest BCUT2D eigenvalue weighted by atomic mass is 32.2. The third kappa shape index (κ3) is 12.9. The standard InChI is InChI=1S/C26H49NO5S/c1-2-3-4-5-6-7-8-9-10-11-12-13-14-15-16-17-18-19-20-27-25(29)23-24(26(27)30)33(31,32)22-21-28/h24,28H,2-23H2,1H3. The highest BCUT2D eigenvalue weighted by Crippen LogP contribution is 2.22. The van der Waals surface area contributed by atoms with Gasteiger partial charge in [0, 0.05) is 6.54 Å². The van der Waals surface area contributed by atoms with E-state index in [0.717, 1.165) is 24.2 Å². The minimum absolute atomic E-state index is 0.278. The molecular formula is C26H49NO5S. The van der Waals surface area contributed by atoms with Crippen molar-refractivity contribution in [3.63, 3.8) is 0 Å². The average molecular weight is 488 g/mol. The summed E-state index contributed by atoms with van der Waals surface area (Å²) < 4.78 is 24.0. The van der Waals surface area contributed by atoms with Gasteiger partial charge in [0.1, 0.15) is 5.25 Å². The van der Waals surface area contributed by atoms with Gasteiger partial charge in [-0.3, -0.25) is 14.5 Å². The van der Waals surface area contributed by atoms with E-state index in [4.69, 9.17) is 5.11 Å². The van der Waals surface area contributed by atoms with Crippen LogP contribution in [0.2, 0.25) is 0 Å². The molecule has 0 bridgehead atoms. The van der Waals surface area contributed by atoms with Crippen molar-refractivity contribution in [2.24, 2.45) is 0 Å². The van der Waals surface area contributed by atoms with Crippen molar-refractivity contribution in [3.05, 3.63) is 0 Å². The van der Waals surface area contributed by atoms with Crippen molar-refractivity contribution in [1.82, 2.24) is 4.90 Å². The molecule has 2 amide bonds. The second-order valence-corrected chi connectivity index (χ2v) is 12.0. The molecule has 0 spiro atoms. The number of hydrogen-bond donors (Lipinski definition) is 1. The number of carbonyl (C=O) groups excluding carboxylic acids is 2. The van der Waals surface area contributed by atoms with Gasteiger partial charge >= 0.3 is 0 Å². The van der Waals surface area contributed by atoms with Crippen LogP contribution in [0.25, 0.3) is 0 Å². The Morgan fingerprint density at radius 3 is 1.52 bits per heavy atom. The van der Waals surface area contributed by atoms with Crippen LogP contribution in [0.1, 0.15) is 129 Å². The maximum absolute atomic E-state index is 12.3. The molecule has 1 unspecified atom stereocenters. The average Bonchev–Trinajstić information content (AvgIpc) is 3.07. The first-order valence-corrected chi connectivity index (χ1v) is 15.3. The van der Waals surface area contributed by atoms with E-state index in [-0.39, 0.29) is 6.42 Å². The SMILES string of the molecule is CCCCCCCCCCCCCCCCCCCCN1C(=O)CC(S(=O)(=O)CCO)C1=O. The summed E-state index contributed by atoms with van der Waals surface area (Å²) in [6.07, 6.45) is 22.7. The highest BCUT2D eigenvalue weighted by molar-refractivity contribution is 7.92. The molecule has 0 saturated carbocycles. The predicted molar refractivity (Wildman–Crippen MR) is 135 cm³/mol. The van der Waals surface area contributed by atoms with E-state index in [2.05, 4.69) is 6.92 Å². The van der Waals surface area contributed by atoms with Crippen LogP contribution in [-0.2, 0) is 19.4 Å². The van der Waals surface area contributed by atoms with Crippen LogP contribution >= 0.6 is 0 Å². The lowest BCUT2D eigenvalue weighted by Gasteiger charge is -2.14. The van der Waals surface area contributed by atoms with Crippen LogP contribution in [0.3, 0.4) is 0 Å². The van der Waals surface area contributed by atoms with Crippen LogP contribution in [0.5, 0.6) is 0 Å². The lowest BCUT2D eigenvalue weighted by atomic mass is 10.0. The van der Waals surface area contributed by atoms with Crippen molar-refractivity contribution in [2.45, 2.75) is 134 Å². The minimum atomic E-state index is -3.75. The van der Waals surface area contributed by atoms with E-state index >= 15 is 0 Å². The fourth-order valence-electron chi connectivity index (χ4n) is 4.61. The van der Waals surface area contributed by atoms with E-state index in [1.165, 1.54) is 96.3 Å². The number of amides is 2. The van der Waals surface area contributed by atoms with E-state index < -0.39 is 39.3 Å². The Hall–Kier alpha value is -0.950. The second kappa shape index (κ2) is 18.4. The van der Waals surface area contributed by atoms with Crippen LogP contribution in [0, 0.1) is 0 Å². The highest BCUT2D eigenvalue weighted by Gasteiger charge is 2.45. The number of hydrogen-bond acceptors (Lipinski definition) is 5. The molecular weight excluding hydrogens is 438 g/mol. The molecule has 0 aromatic rings. The Labute approximate surface area is 202 Å².